The maximum absolute atomic E-state index is 12.6. The van der Waals surface area contributed by atoms with E-state index in [2.05, 4.69) is 10.2 Å². The number of methoxy groups -OCH3 is 1. The van der Waals surface area contributed by atoms with Crippen molar-refractivity contribution >= 4 is 41.6 Å². The number of carbonyl (C=O) groups is 2. The second-order valence-corrected chi connectivity index (χ2v) is 8.56. The summed E-state index contributed by atoms with van der Waals surface area (Å²) in [5.41, 5.74) is 6.47. The molecule has 32 heavy (non-hydrogen) atoms. The number of rotatable bonds is 8. The Hall–Kier alpha value is -1.78. The first-order valence-corrected chi connectivity index (χ1v) is 10.9. The Bertz CT molecular complexity index is 790. The standard InChI is InChI=1S/C21H31ClN4O5.ClH/c1-30-19-9-18(23)17(22)8-16(19)21(29)24-10-15-12-26(6-7-31-15)11-14-2-4-25(5-3-14)13-20(27)28;/h8-9,14-15H,2-7,10-13,23H2,1H3,(H,24,29)(H,27,28);1H. The Morgan fingerprint density at radius 2 is 2.00 bits per heavy atom. The number of amides is 1. The first-order chi connectivity index (χ1) is 14.9. The number of hydrogen-bond donors (Lipinski definition) is 3. The van der Waals surface area contributed by atoms with Crippen molar-refractivity contribution in [2.75, 3.05) is 65.3 Å². The van der Waals surface area contributed by atoms with Gasteiger partial charge >= 0.3 is 5.97 Å². The SMILES string of the molecule is COc1cc(N)c(Cl)cc1C(=O)NCC1CN(CC2CCN(CC(=O)O)CC2)CCO1.Cl. The van der Waals surface area contributed by atoms with Crippen LogP contribution in [0.2, 0.25) is 5.02 Å². The molecule has 9 nitrogen and oxygen atoms in total. The quantitative estimate of drug-likeness (QED) is 0.470. The zero-order valence-corrected chi connectivity index (χ0v) is 19.8. The summed E-state index contributed by atoms with van der Waals surface area (Å²) in [5, 5.41) is 12.1. The highest BCUT2D eigenvalue weighted by Crippen LogP contribution is 2.28. The fraction of sp³-hybridized carbons (Fsp3) is 0.619. The molecule has 3 rings (SSSR count). The van der Waals surface area contributed by atoms with Gasteiger partial charge in [-0.05, 0) is 37.9 Å². The van der Waals surface area contributed by atoms with E-state index in [4.69, 9.17) is 31.9 Å². The van der Waals surface area contributed by atoms with E-state index in [1.165, 1.54) is 19.2 Å². The van der Waals surface area contributed by atoms with Crippen molar-refractivity contribution in [3.8, 4) is 5.75 Å². The smallest absolute Gasteiger partial charge is 0.317 e. The molecule has 180 valence electrons. The minimum Gasteiger partial charge on any atom is -0.496 e. The van der Waals surface area contributed by atoms with Gasteiger partial charge in [0.05, 0.1) is 42.6 Å². The van der Waals surface area contributed by atoms with Crippen LogP contribution in [0.4, 0.5) is 5.69 Å². The molecule has 0 aromatic heterocycles. The molecule has 1 amide bonds. The van der Waals surface area contributed by atoms with Gasteiger partial charge in [0, 0.05) is 32.2 Å². The highest BCUT2D eigenvalue weighted by molar-refractivity contribution is 6.33. The van der Waals surface area contributed by atoms with Crippen LogP contribution in [0.3, 0.4) is 0 Å². The fourth-order valence-electron chi connectivity index (χ4n) is 4.17. The van der Waals surface area contributed by atoms with Crippen molar-refractivity contribution in [1.29, 1.82) is 0 Å². The number of nitrogens with two attached hydrogens (primary N) is 1. The summed E-state index contributed by atoms with van der Waals surface area (Å²) in [5.74, 6) is -0.125. The molecule has 2 fully saturated rings. The number of nitrogen functional groups attached to an aromatic ring is 1. The lowest BCUT2D eigenvalue weighted by Gasteiger charge is -2.37. The van der Waals surface area contributed by atoms with E-state index in [0.29, 0.717) is 41.1 Å². The predicted molar refractivity (Wildman–Crippen MR) is 125 cm³/mol. The number of morpholine rings is 1. The van der Waals surface area contributed by atoms with Crippen LogP contribution in [-0.4, -0.2) is 92.4 Å². The topological polar surface area (TPSA) is 117 Å². The molecule has 1 unspecified atom stereocenters. The molecule has 0 saturated carbocycles. The van der Waals surface area contributed by atoms with Gasteiger partial charge in [0.25, 0.3) is 5.91 Å². The number of halogens is 2. The molecule has 2 saturated heterocycles. The van der Waals surface area contributed by atoms with E-state index in [1.54, 1.807) is 0 Å². The number of carboxylic acid groups (broad SMARTS) is 1. The summed E-state index contributed by atoms with van der Waals surface area (Å²) in [4.78, 5) is 27.9. The molecular weight excluding hydrogens is 459 g/mol. The van der Waals surface area contributed by atoms with Crippen LogP contribution in [0.25, 0.3) is 0 Å². The van der Waals surface area contributed by atoms with Crippen molar-refractivity contribution < 1.29 is 24.2 Å². The monoisotopic (exact) mass is 490 g/mol. The van der Waals surface area contributed by atoms with Crippen molar-refractivity contribution in [2.24, 2.45) is 5.92 Å². The second kappa shape index (κ2) is 12.5. The van der Waals surface area contributed by atoms with Gasteiger partial charge in [-0.1, -0.05) is 11.6 Å². The zero-order chi connectivity index (χ0) is 22.4. The highest BCUT2D eigenvalue weighted by atomic mass is 35.5. The number of nitrogens with zero attached hydrogens (tertiary/aromatic N) is 2. The maximum atomic E-state index is 12.6. The molecule has 0 radical (unpaired) electrons. The van der Waals surface area contributed by atoms with Gasteiger partial charge in [-0.3, -0.25) is 19.4 Å². The molecule has 2 aliphatic heterocycles. The number of likely N-dealkylation sites (tertiary alicyclic amines) is 1. The fourth-order valence-corrected chi connectivity index (χ4v) is 4.33. The maximum Gasteiger partial charge on any atom is 0.317 e. The van der Waals surface area contributed by atoms with Crippen LogP contribution in [-0.2, 0) is 9.53 Å². The average Bonchev–Trinajstić information content (AvgIpc) is 2.75. The molecule has 2 heterocycles. The molecule has 2 aliphatic rings. The molecule has 1 atom stereocenters. The Morgan fingerprint density at radius 1 is 1.28 bits per heavy atom. The number of ether oxygens (including phenoxy) is 2. The van der Waals surface area contributed by atoms with E-state index < -0.39 is 5.97 Å². The lowest BCUT2D eigenvalue weighted by atomic mass is 9.96. The minimum absolute atomic E-state index is 0. The Kier molecular flexibility index (Phi) is 10.3. The number of carbonyl (C=O) groups excluding carboxylic acids is 1. The van der Waals surface area contributed by atoms with Crippen molar-refractivity contribution in [3.05, 3.63) is 22.7 Å². The molecule has 0 spiro atoms. The first-order valence-electron chi connectivity index (χ1n) is 10.5. The zero-order valence-electron chi connectivity index (χ0n) is 18.2. The van der Waals surface area contributed by atoms with E-state index in [1.807, 2.05) is 4.90 Å². The number of piperidine rings is 1. The largest absolute Gasteiger partial charge is 0.496 e. The van der Waals surface area contributed by atoms with E-state index >= 15 is 0 Å². The van der Waals surface area contributed by atoms with Crippen LogP contribution in [0.15, 0.2) is 12.1 Å². The van der Waals surface area contributed by atoms with Crippen molar-refractivity contribution in [3.63, 3.8) is 0 Å². The van der Waals surface area contributed by atoms with Crippen LogP contribution in [0.5, 0.6) is 5.75 Å². The summed E-state index contributed by atoms with van der Waals surface area (Å²) >= 11 is 6.06. The molecule has 4 N–H and O–H groups in total. The normalized spacial score (nSPS) is 20.4. The van der Waals surface area contributed by atoms with E-state index in [0.717, 1.165) is 45.6 Å². The second-order valence-electron chi connectivity index (χ2n) is 8.15. The minimum atomic E-state index is -0.768. The summed E-state index contributed by atoms with van der Waals surface area (Å²) in [6.45, 7) is 5.36. The van der Waals surface area contributed by atoms with Crippen LogP contribution >= 0.6 is 24.0 Å². The molecule has 0 aliphatic carbocycles. The predicted octanol–water partition coefficient (Wildman–Crippen LogP) is 1.58. The Labute approximate surface area is 199 Å². The molecule has 1 aromatic rings. The van der Waals surface area contributed by atoms with E-state index in [-0.39, 0.29) is 31.0 Å². The number of nitrogens with one attached hydrogen (secondary N) is 1. The van der Waals surface area contributed by atoms with Crippen LogP contribution in [0, 0.1) is 5.92 Å². The number of aliphatic carboxylic acids is 1. The van der Waals surface area contributed by atoms with Gasteiger partial charge in [0.2, 0.25) is 0 Å². The van der Waals surface area contributed by atoms with Gasteiger partial charge in [0.1, 0.15) is 5.75 Å². The van der Waals surface area contributed by atoms with Gasteiger partial charge in [0.15, 0.2) is 0 Å². The third kappa shape index (κ3) is 7.38. The lowest BCUT2D eigenvalue weighted by Crippen LogP contribution is -2.49. The van der Waals surface area contributed by atoms with Gasteiger partial charge in [-0.2, -0.15) is 0 Å². The summed E-state index contributed by atoms with van der Waals surface area (Å²) in [7, 11) is 1.48. The molecule has 11 heteroatoms. The van der Waals surface area contributed by atoms with Crippen molar-refractivity contribution in [1.82, 2.24) is 15.1 Å². The first kappa shape index (κ1) is 26.5. The third-order valence-electron chi connectivity index (χ3n) is 5.86. The highest BCUT2D eigenvalue weighted by Gasteiger charge is 2.26. The molecule has 0 bridgehead atoms. The number of hydrogen-bond acceptors (Lipinski definition) is 7. The van der Waals surface area contributed by atoms with Gasteiger partial charge < -0.3 is 25.6 Å². The van der Waals surface area contributed by atoms with Gasteiger partial charge in [-0.15, -0.1) is 12.4 Å². The Morgan fingerprint density at radius 3 is 2.66 bits per heavy atom. The number of anilines is 1. The number of benzene rings is 1. The average molecular weight is 491 g/mol. The Balaban J connectivity index is 0.00000363. The third-order valence-corrected chi connectivity index (χ3v) is 6.19. The summed E-state index contributed by atoms with van der Waals surface area (Å²) < 4.78 is 11.1. The van der Waals surface area contributed by atoms with Crippen LogP contribution < -0.4 is 15.8 Å². The number of carboxylic acids is 1. The summed E-state index contributed by atoms with van der Waals surface area (Å²) in [6.07, 6.45) is 1.91. The lowest BCUT2D eigenvalue weighted by molar-refractivity contribution is -0.138. The van der Waals surface area contributed by atoms with Crippen molar-refractivity contribution in [2.45, 2.75) is 18.9 Å². The van der Waals surface area contributed by atoms with E-state index in [9.17, 15) is 9.59 Å². The van der Waals surface area contributed by atoms with Crippen LogP contribution in [0.1, 0.15) is 23.2 Å². The molecular formula is C21H32Cl2N4O5. The van der Waals surface area contributed by atoms with Gasteiger partial charge in [-0.25, -0.2) is 0 Å². The summed E-state index contributed by atoms with van der Waals surface area (Å²) in [6, 6.07) is 3.05. The molecule has 1 aromatic carbocycles.